The molecule has 1 aromatic rings. The zero-order valence-corrected chi connectivity index (χ0v) is 13.1. The van der Waals surface area contributed by atoms with Crippen LogP contribution in [0.2, 0.25) is 0 Å². The maximum absolute atomic E-state index is 5.43. The van der Waals surface area contributed by atoms with E-state index in [0.717, 1.165) is 32.5 Å². The lowest BCUT2D eigenvalue weighted by molar-refractivity contribution is 0.121. The van der Waals surface area contributed by atoms with Crippen molar-refractivity contribution in [1.29, 1.82) is 0 Å². The monoisotopic (exact) mass is 276 g/mol. The second-order valence-electron chi connectivity index (χ2n) is 5.60. The number of benzene rings is 1. The van der Waals surface area contributed by atoms with Crippen molar-refractivity contribution >= 4 is 5.69 Å². The lowest BCUT2D eigenvalue weighted by atomic mass is 10.0. The maximum atomic E-state index is 5.43. The summed E-state index contributed by atoms with van der Waals surface area (Å²) < 4.78 is 5.43. The largest absolute Gasteiger partial charge is 0.380 e. The number of nitrogens with zero attached hydrogens (tertiary/aromatic N) is 1. The molecule has 0 spiro atoms. The fraction of sp³-hybridized carbons (Fsp3) is 0.647. The molecular weight excluding hydrogens is 248 g/mol. The number of ether oxygens (including phenoxy) is 1. The summed E-state index contributed by atoms with van der Waals surface area (Å²) >= 11 is 0. The van der Waals surface area contributed by atoms with Crippen molar-refractivity contribution in [3.05, 3.63) is 29.8 Å². The van der Waals surface area contributed by atoms with Crippen LogP contribution in [0, 0.1) is 0 Å². The third kappa shape index (κ3) is 3.74. The number of nitrogens with one attached hydrogen (secondary N) is 1. The Morgan fingerprint density at radius 2 is 2.05 bits per heavy atom. The second kappa shape index (κ2) is 7.65. The summed E-state index contributed by atoms with van der Waals surface area (Å²) in [4.78, 5) is 2.42. The average Bonchev–Trinajstić information content (AvgIpc) is 2.97. The minimum atomic E-state index is 0.393. The first-order chi connectivity index (χ1) is 9.78. The maximum Gasteiger partial charge on any atom is 0.0762 e. The van der Waals surface area contributed by atoms with E-state index >= 15 is 0 Å². The molecule has 1 aliphatic rings. The van der Waals surface area contributed by atoms with E-state index in [9.17, 15) is 0 Å². The van der Waals surface area contributed by atoms with Crippen LogP contribution in [0.3, 0.4) is 0 Å². The molecule has 112 valence electrons. The molecule has 20 heavy (non-hydrogen) atoms. The molecule has 0 aromatic heterocycles. The standard InChI is InChI=1S/C17H28N2O/c1-4-11-18-17(5-2)14-6-8-15(9-7-14)19-12-10-16(13-19)20-3/h6-9,16-18H,4-5,10-13H2,1-3H3. The van der Waals surface area contributed by atoms with Crippen molar-refractivity contribution in [2.24, 2.45) is 0 Å². The molecule has 0 radical (unpaired) electrons. The van der Waals surface area contributed by atoms with Crippen LogP contribution in [0.25, 0.3) is 0 Å². The topological polar surface area (TPSA) is 24.5 Å². The molecule has 2 unspecified atom stereocenters. The molecule has 2 rings (SSSR count). The van der Waals surface area contributed by atoms with Crippen LogP contribution >= 0.6 is 0 Å². The summed E-state index contributed by atoms with van der Waals surface area (Å²) in [5.41, 5.74) is 2.71. The highest BCUT2D eigenvalue weighted by molar-refractivity contribution is 5.49. The Kier molecular flexibility index (Phi) is 5.86. The van der Waals surface area contributed by atoms with Gasteiger partial charge in [-0.1, -0.05) is 26.0 Å². The summed E-state index contributed by atoms with van der Waals surface area (Å²) in [6, 6.07) is 9.53. The molecular formula is C17H28N2O. The van der Waals surface area contributed by atoms with Crippen LogP contribution in [0.15, 0.2) is 24.3 Å². The van der Waals surface area contributed by atoms with E-state index in [1.165, 1.54) is 17.7 Å². The van der Waals surface area contributed by atoms with Crippen molar-refractivity contribution in [3.8, 4) is 0 Å². The normalized spacial score (nSPS) is 20.4. The van der Waals surface area contributed by atoms with Crippen molar-refractivity contribution in [1.82, 2.24) is 5.32 Å². The summed E-state index contributed by atoms with van der Waals surface area (Å²) in [5, 5.41) is 3.61. The quantitative estimate of drug-likeness (QED) is 0.826. The Morgan fingerprint density at radius 3 is 2.60 bits per heavy atom. The number of methoxy groups -OCH3 is 1. The first kappa shape index (κ1) is 15.3. The molecule has 1 aromatic carbocycles. The van der Waals surface area contributed by atoms with E-state index in [1.54, 1.807) is 0 Å². The molecule has 1 saturated heterocycles. The number of rotatable bonds is 7. The Morgan fingerprint density at radius 1 is 1.30 bits per heavy atom. The molecule has 0 amide bonds. The van der Waals surface area contributed by atoms with Gasteiger partial charge < -0.3 is 15.0 Å². The van der Waals surface area contributed by atoms with E-state index in [4.69, 9.17) is 4.74 Å². The smallest absolute Gasteiger partial charge is 0.0762 e. The van der Waals surface area contributed by atoms with E-state index in [-0.39, 0.29) is 0 Å². The van der Waals surface area contributed by atoms with Crippen LogP contribution < -0.4 is 10.2 Å². The first-order valence-electron chi connectivity index (χ1n) is 7.89. The van der Waals surface area contributed by atoms with Gasteiger partial charge in [0.2, 0.25) is 0 Å². The Bertz CT molecular complexity index is 369. The Labute approximate surface area is 123 Å². The molecule has 1 aliphatic heterocycles. The predicted molar refractivity (Wildman–Crippen MR) is 85.4 cm³/mol. The van der Waals surface area contributed by atoms with Crippen LogP contribution in [0.5, 0.6) is 0 Å². The first-order valence-corrected chi connectivity index (χ1v) is 7.89. The van der Waals surface area contributed by atoms with Gasteiger partial charge in [0.05, 0.1) is 6.10 Å². The zero-order valence-electron chi connectivity index (χ0n) is 13.1. The zero-order chi connectivity index (χ0) is 14.4. The predicted octanol–water partition coefficient (Wildman–Crippen LogP) is 3.36. The summed E-state index contributed by atoms with van der Waals surface area (Å²) in [5.74, 6) is 0. The van der Waals surface area contributed by atoms with Crippen molar-refractivity contribution in [2.75, 3.05) is 31.6 Å². The van der Waals surface area contributed by atoms with Gasteiger partial charge in [-0.15, -0.1) is 0 Å². The van der Waals surface area contributed by atoms with Crippen molar-refractivity contribution < 1.29 is 4.74 Å². The number of hydrogen-bond acceptors (Lipinski definition) is 3. The highest BCUT2D eigenvalue weighted by Gasteiger charge is 2.22. The molecule has 1 heterocycles. The number of hydrogen-bond donors (Lipinski definition) is 1. The lowest BCUT2D eigenvalue weighted by Crippen LogP contribution is -2.23. The van der Waals surface area contributed by atoms with Gasteiger partial charge in [-0.05, 0) is 43.5 Å². The third-order valence-corrected chi connectivity index (χ3v) is 4.19. The van der Waals surface area contributed by atoms with Gasteiger partial charge in [0.15, 0.2) is 0 Å². The Balaban J connectivity index is 1.98. The van der Waals surface area contributed by atoms with Gasteiger partial charge in [-0.25, -0.2) is 0 Å². The highest BCUT2D eigenvalue weighted by Crippen LogP contribution is 2.24. The minimum absolute atomic E-state index is 0.393. The fourth-order valence-electron chi connectivity index (χ4n) is 2.89. The van der Waals surface area contributed by atoms with Crippen LogP contribution in [-0.2, 0) is 4.74 Å². The summed E-state index contributed by atoms with van der Waals surface area (Å²) in [6.45, 7) is 7.65. The van der Waals surface area contributed by atoms with E-state index < -0.39 is 0 Å². The van der Waals surface area contributed by atoms with Gasteiger partial charge in [-0.2, -0.15) is 0 Å². The van der Waals surface area contributed by atoms with E-state index in [2.05, 4.69) is 48.3 Å². The van der Waals surface area contributed by atoms with Crippen LogP contribution in [0.4, 0.5) is 5.69 Å². The van der Waals surface area contributed by atoms with Crippen LogP contribution in [-0.4, -0.2) is 32.8 Å². The molecule has 1 fully saturated rings. The molecule has 2 atom stereocenters. The van der Waals surface area contributed by atoms with Gasteiger partial charge in [0.25, 0.3) is 0 Å². The fourth-order valence-corrected chi connectivity index (χ4v) is 2.89. The molecule has 0 aliphatic carbocycles. The highest BCUT2D eigenvalue weighted by atomic mass is 16.5. The van der Waals surface area contributed by atoms with E-state index in [0.29, 0.717) is 12.1 Å². The van der Waals surface area contributed by atoms with Gasteiger partial charge in [0.1, 0.15) is 0 Å². The van der Waals surface area contributed by atoms with Crippen LogP contribution in [0.1, 0.15) is 44.7 Å². The molecule has 0 bridgehead atoms. The SMILES string of the molecule is CCCNC(CC)c1ccc(N2CCC(OC)C2)cc1. The molecule has 1 N–H and O–H groups in total. The van der Waals surface area contributed by atoms with Gasteiger partial charge >= 0.3 is 0 Å². The van der Waals surface area contributed by atoms with Gasteiger partial charge in [0, 0.05) is 31.9 Å². The van der Waals surface area contributed by atoms with Crippen molar-refractivity contribution in [2.45, 2.75) is 45.3 Å². The second-order valence-corrected chi connectivity index (χ2v) is 5.60. The average molecular weight is 276 g/mol. The third-order valence-electron chi connectivity index (χ3n) is 4.19. The molecule has 3 nitrogen and oxygen atoms in total. The molecule has 0 saturated carbocycles. The number of anilines is 1. The summed E-state index contributed by atoms with van der Waals surface area (Å²) in [7, 11) is 1.81. The van der Waals surface area contributed by atoms with E-state index in [1.807, 2.05) is 7.11 Å². The lowest BCUT2D eigenvalue weighted by Gasteiger charge is -2.21. The minimum Gasteiger partial charge on any atom is -0.380 e. The van der Waals surface area contributed by atoms with Crippen molar-refractivity contribution in [3.63, 3.8) is 0 Å². The van der Waals surface area contributed by atoms with Gasteiger partial charge in [-0.3, -0.25) is 0 Å². The summed E-state index contributed by atoms with van der Waals surface area (Å²) in [6.07, 6.45) is 3.84. The molecule has 3 heteroatoms. The Hall–Kier alpha value is -1.06.